The minimum atomic E-state index is -4.39. The summed E-state index contributed by atoms with van der Waals surface area (Å²) in [6.45, 7) is 4.22. The smallest absolute Gasteiger partial charge is 0.446 e. The Morgan fingerprint density at radius 2 is 1.86 bits per heavy atom. The van der Waals surface area contributed by atoms with Crippen molar-refractivity contribution < 1.29 is 22.7 Å². The number of carbonyl (C=O) groups is 1. The molecule has 0 aromatic rings. The van der Waals surface area contributed by atoms with E-state index in [9.17, 15) is 18.0 Å². The SMILES string of the molecule is CC1=C(SC(F)(F)F)C(C)(C)OC1=O. The van der Waals surface area contributed by atoms with Crippen LogP contribution in [-0.2, 0) is 9.53 Å². The van der Waals surface area contributed by atoms with E-state index in [-0.39, 0.29) is 22.2 Å². The van der Waals surface area contributed by atoms with Crippen LogP contribution in [0.15, 0.2) is 10.5 Å². The summed E-state index contributed by atoms with van der Waals surface area (Å²) >= 11 is -0.283. The molecule has 0 saturated carbocycles. The number of ether oxygens (including phenoxy) is 1. The van der Waals surface area contributed by atoms with Crippen molar-refractivity contribution in [3.05, 3.63) is 10.5 Å². The molecule has 0 bridgehead atoms. The molecular weight excluding hydrogens is 217 g/mol. The lowest BCUT2D eigenvalue weighted by molar-refractivity contribution is -0.144. The summed E-state index contributed by atoms with van der Waals surface area (Å²) in [5.74, 6) is -0.679. The van der Waals surface area contributed by atoms with Crippen LogP contribution in [0, 0.1) is 0 Å². The lowest BCUT2D eigenvalue weighted by atomic mass is 10.1. The summed E-state index contributed by atoms with van der Waals surface area (Å²) in [6, 6.07) is 0. The normalized spacial score (nSPS) is 21.4. The molecule has 0 atom stereocenters. The second-order valence-corrected chi connectivity index (χ2v) is 4.48. The fraction of sp³-hybridized carbons (Fsp3) is 0.625. The summed E-state index contributed by atoms with van der Waals surface area (Å²) in [6.07, 6.45) is 0. The molecule has 1 aliphatic heterocycles. The van der Waals surface area contributed by atoms with Crippen molar-refractivity contribution in [2.75, 3.05) is 0 Å². The van der Waals surface area contributed by atoms with Crippen LogP contribution in [0.25, 0.3) is 0 Å². The van der Waals surface area contributed by atoms with Gasteiger partial charge >= 0.3 is 11.5 Å². The molecular formula is C8H9F3O2S. The number of esters is 1. The van der Waals surface area contributed by atoms with E-state index < -0.39 is 17.1 Å². The van der Waals surface area contributed by atoms with Crippen molar-refractivity contribution in [2.24, 2.45) is 0 Å². The summed E-state index contributed by atoms with van der Waals surface area (Å²) in [4.78, 5) is 11.0. The second kappa shape index (κ2) is 3.18. The largest absolute Gasteiger partial charge is 0.451 e. The number of rotatable bonds is 1. The van der Waals surface area contributed by atoms with E-state index in [1.54, 1.807) is 0 Å². The lowest BCUT2D eigenvalue weighted by Gasteiger charge is -2.21. The van der Waals surface area contributed by atoms with Crippen LogP contribution >= 0.6 is 11.8 Å². The summed E-state index contributed by atoms with van der Waals surface area (Å²) < 4.78 is 41.1. The van der Waals surface area contributed by atoms with E-state index in [2.05, 4.69) is 0 Å². The molecule has 1 aliphatic rings. The fourth-order valence-electron chi connectivity index (χ4n) is 1.21. The van der Waals surface area contributed by atoms with Gasteiger partial charge in [0.25, 0.3) is 0 Å². The Bertz CT molecular complexity index is 304. The predicted molar refractivity (Wildman–Crippen MR) is 46.5 cm³/mol. The van der Waals surface area contributed by atoms with Gasteiger partial charge in [-0.05, 0) is 32.5 Å². The number of alkyl halides is 3. The number of hydrogen-bond acceptors (Lipinski definition) is 3. The fourth-order valence-corrected chi connectivity index (χ4v) is 1.97. The van der Waals surface area contributed by atoms with Gasteiger partial charge in [0.1, 0.15) is 5.60 Å². The number of hydrogen-bond donors (Lipinski definition) is 0. The van der Waals surface area contributed by atoms with E-state index in [1.165, 1.54) is 20.8 Å². The molecule has 0 saturated heterocycles. The standard InChI is InChI=1S/C8H9F3O2S/c1-4-5(14-8(9,10)11)7(2,3)13-6(4)12/h1-3H3. The van der Waals surface area contributed by atoms with E-state index >= 15 is 0 Å². The molecule has 1 rings (SSSR count). The molecule has 0 N–H and O–H groups in total. The second-order valence-electron chi connectivity index (χ2n) is 3.40. The third-order valence-corrected chi connectivity index (χ3v) is 2.99. The van der Waals surface area contributed by atoms with Crippen LogP contribution in [0.4, 0.5) is 13.2 Å². The highest BCUT2D eigenvalue weighted by atomic mass is 32.2. The quantitative estimate of drug-likeness (QED) is 0.643. The minimum absolute atomic E-state index is 0.0392. The van der Waals surface area contributed by atoms with Crippen LogP contribution < -0.4 is 0 Å². The maximum Gasteiger partial charge on any atom is 0.446 e. The summed E-state index contributed by atoms with van der Waals surface area (Å²) in [7, 11) is 0. The Balaban J connectivity index is 3.00. The highest BCUT2D eigenvalue weighted by molar-refractivity contribution is 8.04. The van der Waals surface area contributed by atoms with Gasteiger partial charge in [-0.1, -0.05) is 0 Å². The van der Waals surface area contributed by atoms with Crippen molar-refractivity contribution in [1.82, 2.24) is 0 Å². The molecule has 0 radical (unpaired) electrons. The van der Waals surface area contributed by atoms with E-state index in [1.807, 2.05) is 0 Å². The number of thioether (sulfide) groups is 1. The van der Waals surface area contributed by atoms with Crippen LogP contribution in [0.2, 0.25) is 0 Å². The summed E-state index contributed by atoms with van der Waals surface area (Å²) in [5, 5.41) is 0. The first-order chi connectivity index (χ1) is 6.13. The van der Waals surface area contributed by atoms with Gasteiger partial charge in [-0.2, -0.15) is 13.2 Å². The molecule has 0 spiro atoms. The van der Waals surface area contributed by atoms with Crippen LogP contribution in [0.5, 0.6) is 0 Å². The Kier molecular flexibility index (Phi) is 2.60. The molecule has 2 nitrogen and oxygen atoms in total. The van der Waals surface area contributed by atoms with Gasteiger partial charge in [0.2, 0.25) is 0 Å². The number of cyclic esters (lactones) is 1. The Labute approximate surface area is 83.5 Å². The highest BCUT2D eigenvalue weighted by Gasteiger charge is 2.44. The van der Waals surface area contributed by atoms with E-state index in [0.717, 1.165) is 0 Å². The average Bonchev–Trinajstić information content (AvgIpc) is 2.10. The molecule has 0 fully saturated rings. The lowest BCUT2D eigenvalue weighted by Crippen LogP contribution is -2.23. The van der Waals surface area contributed by atoms with Crippen LogP contribution in [-0.4, -0.2) is 17.1 Å². The Morgan fingerprint density at radius 3 is 2.14 bits per heavy atom. The molecule has 6 heteroatoms. The number of carbonyl (C=O) groups excluding carboxylic acids is 1. The first-order valence-electron chi connectivity index (χ1n) is 3.84. The predicted octanol–water partition coefficient (Wildman–Crippen LogP) is 2.85. The van der Waals surface area contributed by atoms with Gasteiger partial charge in [-0.25, -0.2) is 4.79 Å². The van der Waals surface area contributed by atoms with Crippen molar-refractivity contribution in [3.8, 4) is 0 Å². The van der Waals surface area contributed by atoms with E-state index in [0.29, 0.717) is 0 Å². The molecule has 80 valence electrons. The molecule has 1 heterocycles. The first-order valence-corrected chi connectivity index (χ1v) is 4.65. The van der Waals surface area contributed by atoms with Gasteiger partial charge in [-0.15, -0.1) is 0 Å². The zero-order chi connectivity index (χ0) is 11.1. The van der Waals surface area contributed by atoms with Gasteiger partial charge in [0.05, 0.1) is 0 Å². The molecule has 14 heavy (non-hydrogen) atoms. The van der Waals surface area contributed by atoms with Crippen molar-refractivity contribution >= 4 is 17.7 Å². The third-order valence-electron chi connectivity index (χ3n) is 1.76. The maximum atomic E-state index is 12.1. The Hall–Kier alpha value is -0.650. The summed E-state index contributed by atoms with van der Waals surface area (Å²) in [5.41, 5.74) is -5.51. The van der Waals surface area contributed by atoms with Gasteiger partial charge in [-0.3, -0.25) is 0 Å². The van der Waals surface area contributed by atoms with Gasteiger partial charge in [0, 0.05) is 10.5 Å². The van der Waals surface area contributed by atoms with Gasteiger partial charge < -0.3 is 4.74 Å². The minimum Gasteiger partial charge on any atom is -0.451 e. The topological polar surface area (TPSA) is 26.3 Å². The molecule has 0 amide bonds. The van der Waals surface area contributed by atoms with Crippen molar-refractivity contribution in [3.63, 3.8) is 0 Å². The molecule has 0 aliphatic carbocycles. The van der Waals surface area contributed by atoms with Crippen LogP contribution in [0.3, 0.4) is 0 Å². The maximum absolute atomic E-state index is 12.1. The molecule has 0 aromatic carbocycles. The first kappa shape index (κ1) is 11.4. The van der Waals surface area contributed by atoms with Gasteiger partial charge in [0.15, 0.2) is 0 Å². The zero-order valence-electron chi connectivity index (χ0n) is 7.86. The highest BCUT2D eigenvalue weighted by Crippen LogP contribution is 2.47. The molecule has 0 aromatic heterocycles. The van der Waals surface area contributed by atoms with E-state index in [4.69, 9.17) is 4.74 Å². The van der Waals surface area contributed by atoms with Crippen molar-refractivity contribution in [1.29, 1.82) is 0 Å². The third kappa shape index (κ3) is 2.23. The molecule has 0 unspecified atom stereocenters. The number of halogens is 3. The average molecular weight is 226 g/mol. The Morgan fingerprint density at radius 1 is 1.36 bits per heavy atom. The zero-order valence-corrected chi connectivity index (χ0v) is 8.68. The van der Waals surface area contributed by atoms with Crippen LogP contribution in [0.1, 0.15) is 20.8 Å². The monoisotopic (exact) mass is 226 g/mol. The van der Waals surface area contributed by atoms with Crippen molar-refractivity contribution in [2.45, 2.75) is 31.9 Å².